The van der Waals surface area contributed by atoms with E-state index in [1.165, 1.54) is 25.7 Å². The lowest BCUT2D eigenvalue weighted by Crippen LogP contribution is -2.45. The van der Waals surface area contributed by atoms with Crippen molar-refractivity contribution in [2.75, 3.05) is 26.2 Å². The third-order valence-corrected chi connectivity index (χ3v) is 5.17. The van der Waals surface area contributed by atoms with Gasteiger partial charge in [0.2, 0.25) is 5.91 Å². The Balaban J connectivity index is 1.65. The lowest BCUT2D eigenvalue weighted by Gasteiger charge is -2.31. The van der Waals surface area contributed by atoms with Gasteiger partial charge >= 0.3 is 5.97 Å². The number of carboxylic acid groups (broad SMARTS) is 1. The molecule has 5 heteroatoms. The molecule has 2 aliphatic rings. The van der Waals surface area contributed by atoms with E-state index in [2.05, 4.69) is 12.2 Å². The summed E-state index contributed by atoms with van der Waals surface area (Å²) in [7, 11) is 0. The van der Waals surface area contributed by atoms with Gasteiger partial charge < -0.3 is 15.3 Å². The number of aliphatic carboxylic acids is 1. The van der Waals surface area contributed by atoms with Crippen molar-refractivity contribution in [1.29, 1.82) is 0 Å². The van der Waals surface area contributed by atoms with E-state index >= 15 is 0 Å². The number of amides is 1. The number of likely N-dealkylation sites (tertiary alicyclic amines) is 1. The number of nitrogens with zero attached hydrogens (tertiary/aromatic N) is 1. The van der Waals surface area contributed by atoms with E-state index < -0.39 is 5.97 Å². The van der Waals surface area contributed by atoms with E-state index in [4.69, 9.17) is 5.11 Å². The zero-order valence-corrected chi connectivity index (χ0v) is 13.0. The Kier molecular flexibility index (Phi) is 6.03. The lowest BCUT2D eigenvalue weighted by molar-refractivity contribution is -0.145. The Hall–Kier alpha value is -1.10. The Labute approximate surface area is 127 Å². The third-order valence-electron chi connectivity index (χ3n) is 5.17. The van der Waals surface area contributed by atoms with Gasteiger partial charge in [-0.1, -0.05) is 26.2 Å². The van der Waals surface area contributed by atoms with Crippen LogP contribution in [0.25, 0.3) is 0 Å². The Morgan fingerprint density at radius 1 is 1.14 bits per heavy atom. The molecule has 1 aliphatic carbocycles. The normalized spacial score (nSPS) is 27.6. The van der Waals surface area contributed by atoms with Crippen molar-refractivity contribution in [2.45, 2.75) is 45.4 Å². The predicted octanol–water partition coefficient (Wildman–Crippen LogP) is 1.73. The maximum Gasteiger partial charge on any atom is 0.306 e. The second kappa shape index (κ2) is 7.78. The number of rotatable bonds is 5. The summed E-state index contributed by atoms with van der Waals surface area (Å²) in [4.78, 5) is 24.8. The fourth-order valence-corrected chi connectivity index (χ4v) is 3.55. The van der Waals surface area contributed by atoms with Crippen LogP contribution in [0.1, 0.15) is 45.4 Å². The molecule has 1 amide bonds. The van der Waals surface area contributed by atoms with E-state index in [1.807, 2.05) is 0 Å². The van der Waals surface area contributed by atoms with Crippen LogP contribution in [-0.2, 0) is 9.59 Å². The minimum atomic E-state index is -0.730. The van der Waals surface area contributed by atoms with E-state index in [9.17, 15) is 9.59 Å². The molecule has 2 fully saturated rings. The summed E-state index contributed by atoms with van der Waals surface area (Å²) in [6, 6.07) is 0. The smallest absolute Gasteiger partial charge is 0.306 e. The number of piperidine rings is 1. The average molecular weight is 296 g/mol. The fraction of sp³-hybridized carbons (Fsp3) is 0.875. The summed E-state index contributed by atoms with van der Waals surface area (Å²) < 4.78 is 0. The van der Waals surface area contributed by atoms with Crippen molar-refractivity contribution in [1.82, 2.24) is 10.2 Å². The molecule has 1 saturated heterocycles. The summed E-state index contributed by atoms with van der Waals surface area (Å²) in [5.41, 5.74) is 0. The second-order valence-electron chi connectivity index (χ2n) is 6.65. The van der Waals surface area contributed by atoms with Crippen molar-refractivity contribution in [3.05, 3.63) is 0 Å². The molecule has 0 aromatic heterocycles. The van der Waals surface area contributed by atoms with Crippen LogP contribution in [0.4, 0.5) is 0 Å². The molecule has 2 unspecified atom stereocenters. The molecule has 0 bridgehead atoms. The molecule has 5 nitrogen and oxygen atoms in total. The van der Waals surface area contributed by atoms with Gasteiger partial charge in [-0.25, -0.2) is 0 Å². The number of nitrogens with one attached hydrogen (secondary N) is 1. The molecule has 0 aromatic carbocycles. The molecule has 2 rings (SSSR count). The molecule has 1 heterocycles. The SMILES string of the molecule is CC1CCCCC1CNCC(=O)N1CCC(C(=O)O)CC1. The Morgan fingerprint density at radius 2 is 1.81 bits per heavy atom. The number of carbonyl (C=O) groups excluding carboxylic acids is 1. The van der Waals surface area contributed by atoms with Crippen LogP contribution in [0.5, 0.6) is 0 Å². The number of carboxylic acids is 1. The van der Waals surface area contributed by atoms with Crippen molar-refractivity contribution in [3.63, 3.8) is 0 Å². The van der Waals surface area contributed by atoms with Gasteiger partial charge in [0.05, 0.1) is 12.5 Å². The molecule has 120 valence electrons. The van der Waals surface area contributed by atoms with Crippen molar-refractivity contribution in [3.8, 4) is 0 Å². The molecule has 1 aliphatic heterocycles. The maximum atomic E-state index is 12.1. The zero-order chi connectivity index (χ0) is 15.2. The molecule has 1 saturated carbocycles. The van der Waals surface area contributed by atoms with Crippen LogP contribution in [0.15, 0.2) is 0 Å². The minimum Gasteiger partial charge on any atom is -0.481 e. The quantitative estimate of drug-likeness (QED) is 0.810. The van der Waals surface area contributed by atoms with Crippen LogP contribution >= 0.6 is 0 Å². The first-order valence-electron chi connectivity index (χ1n) is 8.29. The highest BCUT2D eigenvalue weighted by Gasteiger charge is 2.27. The molecular weight excluding hydrogens is 268 g/mol. The molecule has 2 N–H and O–H groups in total. The van der Waals surface area contributed by atoms with Crippen LogP contribution in [0, 0.1) is 17.8 Å². The van der Waals surface area contributed by atoms with E-state index in [0.29, 0.717) is 38.4 Å². The molecule has 0 radical (unpaired) electrons. The number of carbonyl (C=O) groups is 2. The van der Waals surface area contributed by atoms with Crippen LogP contribution in [-0.4, -0.2) is 48.1 Å². The van der Waals surface area contributed by atoms with E-state index in [1.54, 1.807) is 4.90 Å². The summed E-state index contributed by atoms with van der Waals surface area (Å²) in [5, 5.41) is 12.3. The van der Waals surface area contributed by atoms with Gasteiger partial charge in [-0.15, -0.1) is 0 Å². The van der Waals surface area contributed by atoms with E-state index in [-0.39, 0.29) is 11.8 Å². The summed E-state index contributed by atoms with van der Waals surface area (Å²) in [6.07, 6.45) is 6.40. The average Bonchev–Trinajstić information content (AvgIpc) is 2.49. The highest BCUT2D eigenvalue weighted by molar-refractivity contribution is 5.78. The third kappa shape index (κ3) is 4.70. The van der Waals surface area contributed by atoms with Crippen molar-refractivity contribution >= 4 is 11.9 Å². The second-order valence-corrected chi connectivity index (χ2v) is 6.65. The van der Waals surface area contributed by atoms with Crippen LogP contribution in [0.2, 0.25) is 0 Å². The first-order valence-corrected chi connectivity index (χ1v) is 8.29. The maximum absolute atomic E-state index is 12.1. The topological polar surface area (TPSA) is 69.6 Å². The monoisotopic (exact) mass is 296 g/mol. The zero-order valence-electron chi connectivity index (χ0n) is 13.0. The van der Waals surface area contributed by atoms with E-state index in [0.717, 1.165) is 12.5 Å². The van der Waals surface area contributed by atoms with Crippen LogP contribution < -0.4 is 5.32 Å². The largest absolute Gasteiger partial charge is 0.481 e. The van der Waals surface area contributed by atoms with Gasteiger partial charge in [0.25, 0.3) is 0 Å². The first-order chi connectivity index (χ1) is 10.1. The highest BCUT2D eigenvalue weighted by atomic mass is 16.4. The fourth-order valence-electron chi connectivity index (χ4n) is 3.55. The summed E-state index contributed by atoms with van der Waals surface area (Å²) in [6.45, 7) is 4.79. The number of hydrogen-bond donors (Lipinski definition) is 2. The van der Waals surface area contributed by atoms with Gasteiger partial charge in [-0.05, 0) is 37.6 Å². The standard InChI is InChI=1S/C16H28N2O3/c1-12-4-2-3-5-14(12)10-17-11-15(19)18-8-6-13(7-9-18)16(20)21/h12-14,17H,2-11H2,1H3,(H,20,21). The van der Waals surface area contributed by atoms with Crippen molar-refractivity contribution in [2.24, 2.45) is 17.8 Å². The first kappa shape index (κ1) is 16.3. The van der Waals surface area contributed by atoms with Crippen molar-refractivity contribution < 1.29 is 14.7 Å². The molecular formula is C16H28N2O3. The summed E-state index contributed by atoms with van der Waals surface area (Å²) >= 11 is 0. The predicted molar refractivity (Wildman–Crippen MR) is 80.9 cm³/mol. The molecule has 2 atom stereocenters. The molecule has 0 spiro atoms. The molecule has 0 aromatic rings. The van der Waals surface area contributed by atoms with Gasteiger partial charge in [0.1, 0.15) is 0 Å². The molecule has 21 heavy (non-hydrogen) atoms. The number of hydrogen-bond acceptors (Lipinski definition) is 3. The Bertz CT molecular complexity index is 365. The van der Waals surface area contributed by atoms with Crippen LogP contribution in [0.3, 0.4) is 0 Å². The Morgan fingerprint density at radius 3 is 2.43 bits per heavy atom. The highest BCUT2D eigenvalue weighted by Crippen LogP contribution is 2.28. The van der Waals surface area contributed by atoms with Gasteiger partial charge in [0, 0.05) is 13.1 Å². The lowest BCUT2D eigenvalue weighted by atomic mass is 9.80. The minimum absolute atomic E-state index is 0.113. The summed E-state index contributed by atoms with van der Waals surface area (Å²) in [5.74, 6) is 0.566. The van der Waals surface area contributed by atoms with Gasteiger partial charge in [0.15, 0.2) is 0 Å². The van der Waals surface area contributed by atoms with Gasteiger partial charge in [-0.2, -0.15) is 0 Å². The van der Waals surface area contributed by atoms with Gasteiger partial charge in [-0.3, -0.25) is 9.59 Å².